The van der Waals surface area contributed by atoms with E-state index in [1.165, 1.54) is 24.9 Å². The van der Waals surface area contributed by atoms with E-state index in [4.69, 9.17) is 4.98 Å². The second kappa shape index (κ2) is 9.30. The van der Waals surface area contributed by atoms with Gasteiger partial charge in [-0.1, -0.05) is 54.6 Å². The molecule has 4 aromatic rings. The highest BCUT2D eigenvalue weighted by molar-refractivity contribution is 7.89. The molecular weight excluding hydrogens is 520 g/mol. The summed E-state index contributed by atoms with van der Waals surface area (Å²) in [6.45, 7) is 2.02. The van der Waals surface area contributed by atoms with Crippen LogP contribution in [0.25, 0.3) is 21.7 Å². The largest absolute Gasteiger partial charge is 0.362 e. The maximum atomic E-state index is 14.1. The van der Waals surface area contributed by atoms with Crippen LogP contribution in [-0.4, -0.2) is 62.4 Å². The molecule has 198 valence electrons. The lowest BCUT2D eigenvalue weighted by Crippen LogP contribution is -2.55. The zero-order valence-corrected chi connectivity index (χ0v) is 23.0. The number of para-hydroxylation sites is 1. The lowest BCUT2D eigenvalue weighted by molar-refractivity contribution is 0.213. The molecule has 0 spiro atoms. The van der Waals surface area contributed by atoms with Gasteiger partial charge in [0.1, 0.15) is 10.7 Å². The van der Waals surface area contributed by atoms with Crippen LogP contribution in [0.4, 0.5) is 5.82 Å². The van der Waals surface area contributed by atoms with E-state index in [9.17, 15) is 16.8 Å². The number of anilines is 1. The van der Waals surface area contributed by atoms with E-state index in [2.05, 4.69) is 35.6 Å². The Hall–Kier alpha value is -3.05. The van der Waals surface area contributed by atoms with Crippen molar-refractivity contribution in [1.29, 1.82) is 0 Å². The summed E-state index contributed by atoms with van der Waals surface area (Å²) in [5, 5.41) is 6.63. The van der Waals surface area contributed by atoms with Crippen LogP contribution in [0.5, 0.6) is 0 Å². The minimum atomic E-state index is -3.96. The van der Waals surface area contributed by atoms with Gasteiger partial charge in [0.15, 0.2) is 0 Å². The summed E-state index contributed by atoms with van der Waals surface area (Å²) in [7, 11) is -7.38. The maximum Gasteiger partial charge on any atom is 0.246 e. The first-order chi connectivity index (χ1) is 18.1. The Morgan fingerprint density at radius 2 is 1.66 bits per heavy atom. The number of rotatable bonds is 5. The van der Waals surface area contributed by atoms with Gasteiger partial charge in [0, 0.05) is 31.1 Å². The Kier molecular flexibility index (Phi) is 6.18. The second-order valence-electron chi connectivity index (χ2n) is 10.2. The average molecular weight is 551 g/mol. The van der Waals surface area contributed by atoms with Crippen LogP contribution in [0, 0.1) is 0 Å². The van der Waals surface area contributed by atoms with E-state index in [0.29, 0.717) is 11.3 Å². The molecular formula is C28H30N4O4S2. The predicted molar refractivity (Wildman–Crippen MR) is 150 cm³/mol. The summed E-state index contributed by atoms with van der Waals surface area (Å²) < 4.78 is 55.2. The Labute approximate surface area is 223 Å². The molecule has 38 heavy (non-hydrogen) atoms. The summed E-state index contributed by atoms with van der Waals surface area (Å²) in [5.41, 5.74) is 3.14. The fraction of sp³-hybridized carbons (Fsp3) is 0.321. The van der Waals surface area contributed by atoms with Crippen molar-refractivity contribution < 1.29 is 16.8 Å². The molecule has 8 nitrogen and oxygen atoms in total. The van der Waals surface area contributed by atoms with Gasteiger partial charge in [-0.05, 0) is 53.8 Å². The molecule has 2 aliphatic rings. The number of nitrogens with zero attached hydrogens (tertiary/aromatic N) is 3. The molecule has 1 aromatic heterocycles. The third-order valence-corrected chi connectivity index (χ3v) is 10.9. The molecule has 2 atom stereocenters. The van der Waals surface area contributed by atoms with Gasteiger partial charge in [0.05, 0.1) is 17.8 Å². The number of nitrogens with one attached hydrogen (secondary N) is 1. The molecule has 2 heterocycles. The molecule has 1 unspecified atom stereocenters. The van der Waals surface area contributed by atoms with E-state index in [0.717, 1.165) is 30.0 Å². The highest BCUT2D eigenvalue weighted by atomic mass is 32.2. The third-order valence-electron chi connectivity index (χ3n) is 7.67. The quantitative estimate of drug-likeness (QED) is 0.401. The Bertz CT molecular complexity index is 1770. The summed E-state index contributed by atoms with van der Waals surface area (Å²) in [6.07, 6.45) is 2.85. The predicted octanol–water partition coefficient (Wildman–Crippen LogP) is 4.14. The first kappa shape index (κ1) is 25.2. The first-order valence-corrected chi connectivity index (χ1v) is 16.1. The van der Waals surface area contributed by atoms with E-state index >= 15 is 0 Å². The Balaban J connectivity index is 1.42. The van der Waals surface area contributed by atoms with Gasteiger partial charge < -0.3 is 5.32 Å². The lowest BCUT2D eigenvalue weighted by atomic mass is 9.85. The number of aryl methyl sites for hydroxylation is 1. The fourth-order valence-electron chi connectivity index (χ4n) is 5.87. The van der Waals surface area contributed by atoms with E-state index in [-0.39, 0.29) is 30.6 Å². The number of pyridine rings is 1. The molecule has 6 rings (SSSR count). The van der Waals surface area contributed by atoms with Crippen molar-refractivity contribution in [2.24, 2.45) is 0 Å². The highest BCUT2D eigenvalue weighted by Crippen LogP contribution is 2.39. The minimum absolute atomic E-state index is 0.0811. The molecule has 1 aliphatic carbocycles. The zero-order valence-electron chi connectivity index (χ0n) is 21.3. The van der Waals surface area contributed by atoms with E-state index in [1.54, 1.807) is 13.0 Å². The van der Waals surface area contributed by atoms with Crippen molar-refractivity contribution in [2.75, 3.05) is 31.2 Å². The van der Waals surface area contributed by atoms with Gasteiger partial charge in [-0.25, -0.2) is 21.8 Å². The van der Waals surface area contributed by atoms with Gasteiger partial charge in [-0.2, -0.15) is 8.61 Å². The number of benzene rings is 3. The zero-order chi connectivity index (χ0) is 26.7. The molecule has 0 amide bonds. The van der Waals surface area contributed by atoms with Crippen molar-refractivity contribution >= 4 is 47.5 Å². The van der Waals surface area contributed by atoms with E-state index in [1.807, 2.05) is 30.3 Å². The standard InChI is InChI=1S/C28H30N4O4S2/c1-19-18-31(15-16-32(19)37(2,33)34)38(35,36)26-17-22-7-3-4-12-24(22)29-28(26)30-25-14-13-21-9-5-8-20-10-6-11-23(25)27(20)21/h3-12,17,19,25H,13-16,18H2,1-2H3,(H,29,30)/t19-,25?/m1/s1. The number of sulfonamides is 2. The van der Waals surface area contributed by atoms with Crippen LogP contribution in [0.15, 0.2) is 71.6 Å². The number of piperazine rings is 1. The first-order valence-electron chi connectivity index (χ1n) is 12.8. The Morgan fingerprint density at radius 1 is 0.921 bits per heavy atom. The minimum Gasteiger partial charge on any atom is -0.362 e. The van der Waals surface area contributed by atoms with Gasteiger partial charge >= 0.3 is 0 Å². The molecule has 1 aliphatic heterocycles. The normalized spacial score (nSPS) is 21.1. The van der Waals surface area contributed by atoms with Gasteiger partial charge in [0.2, 0.25) is 20.0 Å². The summed E-state index contributed by atoms with van der Waals surface area (Å²) in [4.78, 5) is 4.91. The molecule has 1 saturated heterocycles. The van der Waals surface area contributed by atoms with Crippen LogP contribution in [0.1, 0.15) is 30.5 Å². The van der Waals surface area contributed by atoms with Crippen molar-refractivity contribution in [3.63, 3.8) is 0 Å². The number of hydrogen-bond acceptors (Lipinski definition) is 6. The lowest BCUT2D eigenvalue weighted by Gasteiger charge is -2.37. The maximum absolute atomic E-state index is 14.1. The second-order valence-corrected chi connectivity index (χ2v) is 14.1. The molecule has 1 N–H and O–H groups in total. The van der Waals surface area contributed by atoms with E-state index < -0.39 is 26.1 Å². The number of hydrogen-bond donors (Lipinski definition) is 1. The smallest absolute Gasteiger partial charge is 0.246 e. The molecule has 0 saturated carbocycles. The van der Waals surface area contributed by atoms with Crippen LogP contribution >= 0.6 is 0 Å². The Morgan fingerprint density at radius 3 is 2.42 bits per heavy atom. The molecule has 3 aromatic carbocycles. The van der Waals surface area contributed by atoms with Crippen LogP contribution in [0.2, 0.25) is 0 Å². The molecule has 0 bridgehead atoms. The average Bonchev–Trinajstić information content (AvgIpc) is 2.89. The summed E-state index contributed by atoms with van der Waals surface area (Å²) >= 11 is 0. The third kappa shape index (κ3) is 4.35. The number of aromatic nitrogens is 1. The highest BCUT2D eigenvalue weighted by Gasteiger charge is 2.37. The molecule has 0 radical (unpaired) electrons. The monoisotopic (exact) mass is 550 g/mol. The van der Waals surface area contributed by atoms with Crippen LogP contribution < -0.4 is 5.32 Å². The van der Waals surface area contributed by atoms with Gasteiger partial charge in [-0.15, -0.1) is 0 Å². The van der Waals surface area contributed by atoms with Crippen molar-refractivity contribution in [1.82, 2.24) is 13.6 Å². The van der Waals surface area contributed by atoms with Crippen LogP contribution in [0.3, 0.4) is 0 Å². The molecule has 1 fully saturated rings. The van der Waals surface area contributed by atoms with Gasteiger partial charge in [-0.3, -0.25) is 0 Å². The van der Waals surface area contributed by atoms with Crippen molar-refractivity contribution in [3.8, 4) is 0 Å². The van der Waals surface area contributed by atoms with Crippen LogP contribution in [-0.2, 0) is 26.5 Å². The van der Waals surface area contributed by atoms with Crippen molar-refractivity contribution in [3.05, 3.63) is 77.9 Å². The van der Waals surface area contributed by atoms with Gasteiger partial charge in [0.25, 0.3) is 0 Å². The summed E-state index contributed by atoms with van der Waals surface area (Å²) in [5.74, 6) is 0.322. The molecule has 10 heteroatoms. The SMILES string of the molecule is C[C@@H]1CN(S(=O)(=O)c2cc3ccccc3nc2NC2CCc3cccc4cccc2c34)CCN1S(C)(=O)=O. The summed E-state index contributed by atoms with van der Waals surface area (Å²) in [6, 6.07) is 21.2. The van der Waals surface area contributed by atoms with Crippen molar-refractivity contribution in [2.45, 2.75) is 36.7 Å². The topological polar surface area (TPSA) is 99.7 Å². The fourth-order valence-corrected chi connectivity index (χ4v) is 8.64. The number of fused-ring (bicyclic) bond motifs is 1.